The van der Waals surface area contributed by atoms with Crippen LogP contribution in [0.5, 0.6) is 0 Å². The fraction of sp³-hybridized carbons (Fsp3) is 0.0909. The molecule has 0 fully saturated rings. The lowest BCUT2D eigenvalue weighted by Gasteiger charge is -2.02. The van der Waals surface area contributed by atoms with Crippen LogP contribution in [0.1, 0.15) is 5.56 Å². The van der Waals surface area contributed by atoms with E-state index in [1.807, 2.05) is 22.6 Å². The van der Waals surface area contributed by atoms with Crippen LogP contribution in [0.2, 0.25) is 0 Å². The number of aryl methyl sites for hydroxylation is 1. The van der Waals surface area contributed by atoms with Crippen molar-refractivity contribution < 1.29 is 4.39 Å². The maximum absolute atomic E-state index is 13.2. The molecular formula is C11H8FIN2O. The van der Waals surface area contributed by atoms with Gasteiger partial charge in [-0.25, -0.2) is 9.37 Å². The normalized spacial score (nSPS) is 10.4. The van der Waals surface area contributed by atoms with E-state index in [0.29, 0.717) is 15.0 Å². The highest BCUT2D eigenvalue weighted by atomic mass is 127. The van der Waals surface area contributed by atoms with Crippen molar-refractivity contribution in [2.75, 3.05) is 0 Å². The van der Waals surface area contributed by atoms with Crippen LogP contribution in [-0.2, 0) is 0 Å². The van der Waals surface area contributed by atoms with Gasteiger partial charge in [-0.2, -0.15) is 0 Å². The molecule has 0 saturated heterocycles. The summed E-state index contributed by atoms with van der Waals surface area (Å²) in [5.74, 6) is 0.0456. The number of benzene rings is 1. The van der Waals surface area contributed by atoms with Gasteiger partial charge in [0.05, 0.1) is 3.57 Å². The molecule has 1 aromatic heterocycles. The van der Waals surface area contributed by atoms with E-state index in [1.54, 1.807) is 13.0 Å². The van der Waals surface area contributed by atoms with Gasteiger partial charge in [-0.1, -0.05) is 0 Å². The third-order valence-corrected chi connectivity index (χ3v) is 2.84. The molecule has 0 spiro atoms. The molecule has 0 saturated carbocycles. The highest BCUT2D eigenvalue weighted by Gasteiger charge is 2.04. The van der Waals surface area contributed by atoms with Gasteiger partial charge in [0.25, 0.3) is 5.56 Å². The Bertz CT molecular complexity index is 575. The predicted molar refractivity (Wildman–Crippen MR) is 67.7 cm³/mol. The van der Waals surface area contributed by atoms with Crippen molar-refractivity contribution in [3.63, 3.8) is 0 Å². The summed E-state index contributed by atoms with van der Waals surface area (Å²) >= 11 is 1.89. The Hall–Kier alpha value is -1.24. The average Bonchev–Trinajstić information content (AvgIpc) is 2.20. The van der Waals surface area contributed by atoms with E-state index in [9.17, 15) is 9.18 Å². The third kappa shape index (κ3) is 2.29. The summed E-state index contributed by atoms with van der Waals surface area (Å²) in [6.45, 7) is 1.79. The van der Waals surface area contributed by atoms with Crippen molar-refractivity contribution in [1.82, 2.24) is 9.97 Å². The number of aromatic nitrogens is 2. The van der Waals surface area contributed by atoms with Crippen molar-refractivity contribution in [3.05, 3.63) is 49.7 Å². The Morgan fingerprint density at radius 3 is 2.75 bits per heavy atom. The molecule has 2 rings (SSSR count). The topological polar surface area (TPSA) is 45.8 Å². The minimum Gasteiger partial charge on any atom is -0.306 e. The summed E-state index contributed by atoms with van der Waals surface area (Å²) in [4.78, 5) is 18.1. The number of H-pyrrole nitrogens is 1. The summed E-state index contributed by atoms with van der Waals surface area (Å²) in [6, 6.07) is 4.54. The first kappa shape index (κ1) is 11.3. The van der Waals surface area contributed by atoms with Gasteiger partial charge < -0.3 is 4.98 Å². The summed E-state index contributed by atoms with van der Waals surface area (Å²) in [7, 11) is 0. The van der Waals surface area contributed by atoms with Crippen molar-refractivity contribution in [2.24, 2.45) is 0 Å². The van der Waals surface area contributed by atoms with Crippen molar-refractivity contribution in [2.45, 2.75) is 6.92 Å². The van der Waals surface area contributed by atoms with Gasteiger partial charge in [0.15, 0.2) is 0 Å². The Kier molecular flexibility index (Phi) is 3.04. The number of halogens is 2. The van der Waals surface area contributed by atoms with Crippen LogP contribution in [0.4, 0.5) is 4.39 Å². The SMILES string of the molecule is Cc1cc(F)cc(-c2ncc(I)c(=O)[nH]2)c1. The first-order valence-corrected chi connectivity index (χ1v) is 5.66. The van der Waals surface area contributed by atoms with Gasteiger partial charge in [0.2, 0.25) is 0 Å². The molecule has 0 unspecified atom stereocenters. The first-order valence-electron chi connectivity index (χ1n) is 4.58. The average molecular weight is 330 g/mol. The van der Waals surface area contributed by atoms with E-state index in [-0.39, 0.29) is 11.4 Å². The molecular weight excluding hydrogens is 322 g/mol. The second-order valence-electron chi connectivity index (χ2n) is 3.43. The smallest absolute Gasteiger partial charge is 0.264 e. The number of hydrogen-bond donors (Lipinski definition) is 1. The molecule has 0 radical (unpaired) electrons. The summed E-state index contributed by atoms with van der Waals surface area (Å²) in [6.07, 6.45) is 1.47. The highest BCUT2D eigenvalue weighted by molar-refractivity contribution is 14.1. The van der Waals surface area contributed by atoms with Crippen molar-refractivity contribution in [1.29, 1.82) is 0 Å². The number of nitrogens with zero attached hydrogens (tertiary/aromatic N) is 1. The second-order valence-corrected chi connectivity index (χ2v) is 4.59. The Labute approximate surface area is 105 Å². The molecule has 0 amide bonds. The Morgan fingerprint density at radius 1 is 1.38 bits per heavy atom. The van der Waals surface area contributed by atoms with Gasteiger partial charge in [-0.15, -0.1) is 0 Å². The fourth-order valence-electron chi connectivity index (χ4n) is 1.40. The molecule has 1 heterocycles. The minimum atomic E-state index is -0.337. The lowest BCUT2D eigenvalue weighted by atomic mass is 10.1. The third-order valence-electron chi connectivity index (χ3n) is 2.07. The largest absolute Gasteiger partial charge is 0.306 e. The Morgan fingerprint density at radius 2 is 2.12 bits per heavy atom. The number of rotatable bonds is 1. The fourth-order valence-corrected chi connectivity index (χ4v) is 1.67. The number of aromatic amines is 1. The Balaban J connectivity index is 2.58. The molecule has 5 heteroatoms. The predicted octanol–water partition coefficient (Wildman–Crippen LogP) is 2.49. The van der Waals surface area contributed by atoms with E-state index >= 15 is 0 Å². The van der Waals surface area contributed by atoms with Crippen LogP contribution in [0.25, 0.3) is 11.4 Å². The maximum Gasteiger partial charge on any atom is 0.264 e. The molecule has 1 N–H and O–H groups in total. The van der Waals surface area contributed by atoms with Gasteiger partial charge in [0, 0.05) is 11.8 Å². The van der Waals surface area contributed by atoms with Crippen LogP contribution in [-0.4, -0.2) is 9.97 Å². The quantitative estimate of drug-likeness (QED) is 0.817. The minimum absolute atomic E-state index is 0.215. The van der Waals surface area contributed by atoms with Crippen LogP contribution >= 0.6 is 22.6 Å². The number of hydrogen-bond acceptors (Lipinski definition) is 2. The van der Waals surface area contributed by atoms with E-state index in [0.717, 1.165) is 5.56 Å². The first-order chi connectivity index (χ1) is 7.56. The van der Waals surface area contributed by atoms with Crippen molar-refractivity contribution in [3.8, 4) is 11.4 Å². The molecule has 82 valence electrons. The molecule has 0 bridgehead atoms. The molecule has 0 aliphatic carbocycles. The molecule has 1 aromatic carbocycles. The molecule has 0 aliphatic heterocycles. The zero-order valence-electron chi connectivity index (χ0n) is 8.42. The standard InChI is InChI=1S/C11H8FIN2O/c1-6-2-7(4-8(12)3-6)10-14-5-9(13)11(16)15-10/h2-5H,1H3,(H,14,15,16). The van der Waals surface area contributed by atoms with E-state index in [4.69, 9.17) is 0 Å². The van der Waals surface area contributed by atoms with Crippen LogP contribution < -0.4 is 5.56 Å². The summed E-state index contributed by atoms with van der Waals surface area (Å²) in [5.41, 5.74) is 1.15. The molecule has 2 aromatic rings. The van der Waals surface area contributed by atoms with Crippen molar-refractivity contribution >= 4 is 22.6 Å². The van der Waals surface area contributed by atoms with Gasteiger partial charge in [-0.3, -0.25) is 4.79 Å². The molecule has 3 nitrogen and oxygen atoms in total. The van der Waals surface area contributed by atoms with E-state index in [2.05, 4.69) is 9.97 Å². The monoisotopic (exact) mass is 330 g/mol. The maximum atomic E-state index is 13.2. The summed E-state index contributed by atoms with van der Waals surface area (Å²) < 4.78 is 13.7. The van der Waals surface area contributed by atoms with E-state index < -0.39 is 0 Å². The van der Waals surface area contributed by atoms with Gasteiger partial charge in [-0.05, 0) is 53.3 Å². The molecule has 0 atom stereocenters. The van der Waals surface area contributed by atoms with Gasteiger partial charge in [0.1, 0.15) is 11.6 Å². The lowest BCUT2D eigenvalue weighted by Crippen LogP contribution is -2.11. The van der Waals surface area contributed by atoms with Crippen LogP contribution in [0.3, 0.4) is 0 Å². The highest BCUT2D eigenvalue weighted by Crippen LogP contribution is 2.17. The second kappa shape index (κ2) is 4.32. The lowest BCUT2D eigenvalue weighted by molar-refractivity contribution is 0.627. The zero-order chi connectivity index (χ0) is 11.7. The van der Waals surface area contributed by atoms with Gasteiger partial charge >= 0.3 is 0 Å². The summed E-state index contributed by atoms with van der Waals surface area (Å²) in [5, 5.41) is 0. The van der Waals surface area contributed by atoms with Crippen LogP contribution in [0, 0.1) is 16.3 Å². The molecule has 16 heavy (non-hydrogen) atoms. The zero-order valence-corrected chi connectivity index (χ0v) is 10.6. The van der Waals surface area contributed by atoms with E-state index in [1.165, 1.54) is 18.3 Å². The van der Waals surface area contributed by atoms with Crippen LogP contribution in [0.15, 0.2) is 29.2 Å². The molecule has 0 aliphatic rings. The number of nitrogens with one attached hydrogen (secondary N) is 1.